The lowest BCUT2D eigenvalue weighted by Crippen LogP contribution is -2.24. The molecule has 1 aromatic rings. The monoisotopic (exact) mass is 195 g/mol. The van der Waals surface area contributed by atoms with E-state index in [1.54, 1.807) is 10.9 Å². The van der Waals surface area contributed by atoms with E-state index in [2.05, 4.69) is 10.4 Å². The molecule has 0 bridgehead atoms. The van der Waals surface area contributed by atoms with Gasteiger partial charge in [-0.25, -0.2) is 4.68 Å². The van der Waals surface area contributed by atoms with Gasteiger partial charge in [-0.1, -0.05) is 0 Å². The van der Waals surface area contributed by atoms with Crippen molar-refractivity contribution in [1.82, 2.24) is 15.1 Å². The van der Waals surface area contributed by atoms with Crippen molar-refractivity contribution in [2.75, 3.05) is 13.2 Å². The maximum Gasteiger partial charge on any atom is 0.258 e. The van der Waals surface area contributed by atoms with Gasteiger partial charge in [-0.15, -0.1) is 0 Å². The van der Waals surface area contributed by atoms with Crippen molar-refractivity contribution < 1.29 is 9.53 Å². The normalized spacial score (nSPS) is 14.4. The third kappa shape index (κ3) is 1.45. The van der Waals surface area contributed by atoms with E-state index in [9.17, 15) is 4.79 Å². The first-order valence-corrected chi connectivity index (χ1v) is 4.79. The van der Waals surface area contributed by atoms with Gasteiger partial charge in [0.25, 0.3) is 5.91 Å². The van der Waals surface area contributed by atoms with Gasteiger partial charge in [0, 0.05) is 19.5 Å². The van der Waals surface area contributed by atoms with E-state index in [1.807, 2.05) is 6.92 Å². The molecule has 0 aliphatic carbocycles. The highest BCUT2D eigenvalue weighted by Crippen LogP contribution is 2.21. The summed E-state index contributed by atoms with van der Waals surface area (Å²) in [7, 11) is 0. The van der Waals surface area contributed by atoms with Gasteiger partial charge in [0.1, 0.15) is 5.56 Å². The lowest BCUT2D eigenvalue weighted by atomic mass is 10.3. The average Bonchev–Trinajstić information content (AvgIpc) is 2.61. The molecule has 0 spiro atoms. The number of rotatable bonds is 2. The minimum atomic E-state index is -0.115. The van der Waals surface area contributed by atoms with Gasteiger partial charge in [0.15, 0.2) is 0 Å². The Kier molecular flexibility index (Phi) is 2.39. The quantitative estimate of drug-likeness (QED) is 0.743. The summed E-state index contributed by atoms with van der Waals surface area (Å²) >= 11 is 0. The van der Waals surface area contributed by atoms with E-state index in [-0.39, 0.29) is 5.91 Å². The largest absolute Gasteiger partial charge is 0.477 e. The lowest BCUT2D eigenvalue weighted by Gasteiger charge is -2.15. The summed E-state index contributed by atoms with van der Waals surface area (Å²) < 4.78 is 7.13. The molecule has 5 heteroatoms. The molecule has 1 N–H and O–H groups in total. The fraction of sp³-hybridized carbons (Fsp3) is 0.556. The number of carbonyl (C=O) groups excluding carboxylic acids is 1. The zero-order valence-electron chi connectivity index (χ0n) is 8.12. The number of nitrogens with zero attached hydrogens (tertiary/aromatic N) is 2. The predicted octanol–water partition coefficient (Wildman–Crippen LogP) is 0.415. The number of ether oxygens (including phenoxy) is 1. The van der Waals surface area contributed by atoms with Crippen LogP contribution < -0.4 is 10.1 Å². The van der Waals surface area contributed by atoms with Crippen LogP contribution in [-0.4, -0.2) is 28.8 Å². The molecule has 0 atom stereocenters. The van der Waals surface area contributed by atoms with Gasteiger partial charge in [-0.05, 0) is 6.92 Å². The first kappa shape index (κ1) is 9.05. The van der Waals surface area contributed by atoms with Gasteiger partial charge in [0.2, 0.25) is 5.88 Å². The maximum absolute atomic E-state index is 11.5. The van der Waals surface area contributed by atoms with E-state index in [0.29, 0.717) is 24.6 Å². The number of amides is 1. The number of aromatic nitrogens is 2. The Morgan fingerprint density at radius 3 is 3.43 bits per heavy atom. The fourth-order valence-electron chi connectivity index (χ4n) is 1.48. The molecule has 5 nitrogen and oxygen atoms in total. The first-order valence-electron chi connectivity index (χ1n) is 4.79. The highest BCUT2D eigenvalue weighted by Gasteiger charge is 2.20. The SMILES string of the molecule is CCNC(=O)c1cnn2c1OCCC2. The molecule has 0 radical (unpaired) electrons. The van der Waals surface area contributed by atoms with Gasteiger partial charge < -0.3 is 10.1 Å². The Labute approximate surface area is 82.0 Å². The van der Waals surface area contributed by atoms with Crippen molar-refractivity contribution in [2.24, 2.45) is 0 Å². The molecule has 0 fully saturated rings. The Morgan fingerprint density at radius 2 is 2.64 bits per heavy atom. The van der Waals surface area contributed by atoms with Crippen LogP contribution in [0.2, 0.25) is 0 Å². The summed E-state index contributed by atoms with van der Waals surface area (Å²) in [6.07, 6.45) is 2.51. The standard InChI is InChI=1S/C9H13N3O2/c1-2-10-8(13)7-6-11-12-4-3-5-14-9(7)12/h6H,2-5H2,1H3,(H,10,13). The van der Waals surface area contributed by atoms with Crippen molar-refractivity contribution in [3.05, 3.63) is 11.8 Å². The highest BCUT2D eigenvalue weighted by molar-refractivity contribution is 5.96. The van der Waals surface area contributed by atoms with Crippen molar-refractivity contribution in [3.8, 4) is 5.88 Å². The summed E-state index contributed by atoms with van der Waals surface area (Å²) in [6.45, 7) is 3.99. The number of hydrogen-bond donors (Lipinski definition) is 1. The van der Waals surface area contributed by atoms with Gasteiger partial charge in [-0.2, -0.15) is 5.10 Å². The number of hydrogen-bond acceptors (Lipinski definition) is 3. The average molecular weight is 195 g/mol. The third-order valence-corrected chi connectivity index (χ3v) is 2.13. The molecule has 1 aromatic heterocycles. The minimum Gasteiger partial charge on any atom is -0.477 e. The Bertz CT molecular complexity index is 346. The van der Waals surface area contributed by atoms with Crippen LogP contribution >= 0.6 is 0 Å². The molecule has 1 aliphatic heterocycles. The molecule has 0 saturated heterocycles. The minimum absolute atomic E-state index is 0.115. The van der Waals surface area contributed by atoms with E-state index >= 15 is 0 Å². The van der Waals surface area contributed by atoms with Crippen molar-refractivity contribution in [3.63, 3.8) is 0 Å². The van der Waals surface area contributed by atoms with E-state index in [4.69, 9.17) is 4.74 Å². The summed E-state index contributed by atoms with van der Waals surface area (Å²) in [6, 6.07) is 0. The lowest BCUT2D eigenvalue weighted by molar-refractivity contribution is 0.0949. The second-order valence-corrected chi connectivity index (χ2v) is 3.15. The van der Waals surface area contributed by atoms with Crippen LogP contribution in [0, 0.1) is 0 Å². The molecular formula is C9H13N3O2. The van der Waals surface area contributed by atoms with Crippen molar-refractivity contribution in [2.45, 2.75) is 19.9 Å². The van der Waals surface area contributed by atoms with Crippen LogP contribution in [0.3, 0.4) is 0 Å². The molecule has 0 unspecified atom stereocenters. The predicted molar refractivity (Wildman–Crippen MR) is 50.3 cm³/mol. The molecular weight excluding hydrogens is 182 g/mol. The van der Waals surface area contributed by atoms with Crippen LogP contribution in [0.15, 0.2) is 6.20 Å². The molecule has 2 heterocycles. The van der Waals surface area contributed by atoms with Crippen molar-refractivity contribution >= 4 is 5.91 Å². The van der Waals surface area contributed by atoms with Gasteiger partial charge >= 0.3 is 0 Å². The number of carbonyl (C=O) groups is 1. The fourth-order valence-corrected chi connectivity index (χ4v) is 1.48. The van der Waals surface area contributed by atoms with Crippen LogP contribution in [0.5, 0.6) is 5.88 Å². The van der Waals surface area contributed by atoms with E-state index < -0.39 is 0 Å². The summed E-state index contributed by atoms with van der Waals surface area (Å²) in [4.78, 5) is 11.5. The maximum atomic E-state index is 11.5. The molecule has 0 aromatic carbocycles. The van der Waals surface area contributed by atoms with Crippen molar-refractivity contribution in [1.29, 1.82) is 0 Å². The molecule has 0 saturated carbocycles. The Morgan fingerprint density at radius 1 is 1.79 bits per heavy atom. The Balaban J connectivity index is 2.25. The summed E-state index contributed by atoms with van der Waals surface area (Å²) in [5.41, 5.74) is 0.534. The second-order valence-electron chi connectivity index (χ2n) is 3.15. The van der Waals surface area contributed by atoms with Crippen LogP contribution in [0.4, 0.5) is 0 Å². The number of aryl methyl sites for hydroxylation is 1. The molecule has 14 heavy (non-hydrogen) atoms. The summed E-state index contributed by atoms with van der Waals surface area (Å²) in [5.74, 6) is 0.484. The second kappa shape index (κ2) is 3.69. The topological polar surface area (TPSA) is 56.2 Å². The zero-order valence-corrected chi connectivity index (χ0v) is 8.12. The molecule has 1 aliphatic rings. The third-order valence-electron chi connectivity index (χ3n) is 2.13. The van der Waals surface area contributed by atoms with Gasteiger partial charge in [-0.3, -0.25) is 4.79 Å². The zero-order chi connectivity index (χ0) is 9.97. The van der Waals surface area contributed by atoms with Crippen LogP contribution in [0.25, 0.3) is 0 Å². The molecule has 1 amide bonds. The highest BCUT2D eigenvalue weighted by atomic mass is 16.5. The molecule has 2 rings (SSSR count). The smallest absolute Gasteiger partial charge is 0.258 e. The number of fused-ring (bicyclic) bond motifs is 1. The van der Waals surface area contributed by atoms with E-state index in [1.165, 1.54) is 0 Å². The van der Waals surface area contributed by atoms with E-state index in [0.717, 1.165) is 13.0 Å². The summed E-state index contributed by atoms with van der Waals surface area (Å²) in [5, 5.41) is 6.82. The van der Waals surface area contributed by atoms with Crippen LogP contribution in [-0.2, 0) is 6.54 Å². The Hall–Kier alpha value is -1.52. The van der Waals surface area contributed by atoms with Gasteiger partial charge in [0.05, 0.1) is 12.8 Å². The molecule has 76 valence electrons. The first-order chi connectivity index (χ1) is 6.83. The van der Waals surface area contributed by atoms with Crippen LogP contribution in [0.1, 0.15) is 23.7 Å². The number of nitrogens with one attached hydrogen (secondary N) is 1.